The lowest BCUT2D eigenvalue weighted by atomic mass is 10.2. The third-order valence-electron chi connectivity index (χ3n) is 3.08. The molecule has 3 rings (SSSR count). The summed E-state index contributed by atoms with van der Waals surface area (Å²) in [7, 11) is 0. The molecule has 110 valence electrons. The molecule has 1 aliphatic rings. The Labute approximate surface area is 132 Å². The molecule has 1 saturated heterocycles. The first-order chi connectivity index (χ1) is 10.7. The van der Waals surface area contributed by atoms with E-state index in [9.17, 15) is 9.59 Å². The fourth-order valence-corrected chi connectivity index (χ4v) is 2.70. The zero-order chi connectivity index (χ0) is 15.4. The average Bonchev–Trinajstić information content (AvgIpc) is 2.85. The van der Waals surface area contributed by atoms with Gasteiger partial charge in [-0.1, -0.05) is 48.5 Å². The zero-order valence-electron chi connectivity index (χ0n) is 11.6. The van der Waals surface area contributed by atoms with Crippen LogP contribution in [0.2, 0.25) is 0 Å². The SMILES string of the molecule is O=C1NC(=O)/C(=C/c2ccccc2OCc2ccccc2)S1. The largest absolute Gasteiger partial charge is 0.488 e. The number of rotatable bonds is 4. The predicted molar refractivity (Wildman–Crippen MR) is 86.3 cm³/mol. The number of hydrogen-bond donors (Lipinski definition) is 1. The van der Waals surface area contributed by atoms with E-state index in [1.807, 2.05) is 54.6 Å². The van der Waals surface area contributed by atoms with E-state index in [2.05, 4.69) is 5.32 Å². The predicted octanol–water partition coefficient (Wildman–Crippen LogP) is 3.59. The molecule has 0 radical (unpaired) electrons. The minimum atomic E-state index is -0.368. The number of carbonyl (C=O) groups is 2. The van der Waals surface area contributed by atoms with Crippen LogP contribution in [-0.2, 0) is 11.4 Å². The van der Waals surface area contributed by atoms with Gasteiger partial charge in [0.15, 0.2) is 0 Å². The van der Waals surface area contributed by atoms with Crippen molar-refractivity contribution in [3.05, 3.63) is 70.6 Å². The highest BCUT2D eigenvalue weighted by Crippen LogP contribution is 2.29. The number of ether oxygens (including phenoxy) is 1. The number of imide groups is 1. The molecule has 0 unspecified atom stereocenters. The average molecular weight is 311 g/mol. The molecular formula is C17H13NO3S. The summed E-state index contributed by atoms with van der Waals surface area (Å²) in [6.07, 6.45) is 1.67. The van der Waals surface area contributed by atoms with Crippen LogP contribution in [0.1, 0.15) is 11.1 Å². The van der Waals surface area contributed by atoms with Crippen LogP contribution in [0.15, 0.2) is 59.5 Å². The van der Waals surface area contributed by atoms with Crippen LogP contribution in [0, 0.1) is 0 Å². The van der Waals surface area contributed by atoms with Crippen LogP contribution < -0.4 is 10.1 Å². The first-order valence-corrected chi connectivity index (χ1v) is 7.54. The Bertz CT molecular complexity index is 741. The lowest BCUT2D eigenvalue weighted by Crippen LogP contribution is -2.17. The smallest absolute Gasteiger partial charge is 0.290 e. The number of hydrogen-bond acceptors (Lipinski definition) is 4. The van der Waals surface area contributed by atoms with Gasteiger partial charge >= 0.3 is 0 Å². The van der Waals surface area contributed by atoms with Gasteiger partial charge in [-0.2, -0.15) is 0 Å². The monoisotopic (exact) mass is 311 g/mol. The van der Waals surface area contributed by atoms with E-state index in [1.54, 1.807) is 6.08 Å². The molecule has 0 aromatic heterocycles. The molecule has 1 N–H and O–H groups in total. The molecule has 0 saturated carbocycles. The summed E-state index contributed by atoms with van der Waals surface area (Å²) in [5.74, 6) is 0.305. The maximum Gasteiger partial charge on any atom is 0.290 e. The summed E-state index contributed by atoms with van der Waals surface area (Å²) >= 11 is 0.898. The van der Waals surface area contributed by atoms with E-state index < -0.39 is 0 Å². The highest BCUT2D eigenvalue weighted by molar-refractivity contribution is 8.18. The van der Waals surface area contributed by atoms with E-state index in [0.717, 1.165) is 22.9 Å². The van der Waals surface area contributed by atoms with Crippen LogP contribution in [0.3, 0.4) is 0 Å². The van der Waals surface area contributed by atoms with E-state index >= 15 is 0 Å². The standard InChI is InChI=1S/C17H13NO3S/c19-16-15(22-17(20)18-16)10-13-8-4-5-9-14(13)21-11-12-6-2-1-3-7-12/h1-10H,11H2,(H,18,19,20)/b15-10-. The Morgan fingerprint density at radius 1 is 1.00 bits per heavy atom. The molecule has 1 heterocycles. The van der Waals surface area contributed by atoms with Gasteiger partial charge in [-0.25, -0.2) is 0 Å². The minimum absolute atomic E-state index is 0.348. The van der Waals surface area contributed by atoms with Crippen molar-refractivity contribution in [2.75, 3.05) is 0 Å². The summed E-state index contributed by atoms with van der Waals surface area (Å²) in [5, 5.41) is 1.89. The molecule has 0 aliphatic carbocycles. The van der Waals surface area contributed by atoms with Gasteiger partial charge in [0.2, 0.25) is 0 Å². The van der Waals surface area contributed by atoms with Crippen LogP contribution in [0.5, 0.6) is 5.75 Å². The molecule has 1 aliphatic heterocycles. The molecular weight excluding hydrogens is 298 g/mol. The van der Waals surface area contributed by atoms with Crippen LogP contribution in [0.25, 0.3) is 6.08 Å². The fraction of sp³-hybridized carbons (Fsp3) is 0.0588. The van der Waals surface area contributed by atoms with Crippen molar-refractivity contribution in [3.8, 4) is 5.75 Å². The van der Waals surface area contributed by atoms with Crippen molar-refractivity contribution < 1.29 is 14.3 Å². The molecule has 4 nitrogen and oxygen atoms in total. The van der Waals surface area contributed by atoms with Gasteiger partial charge < -0.3 is 4.74 Å². The molecule has 2 aromatic rings. The van der Waals surface area contributed by atoms with Gasteiger partial charge in [0.1, 0.15) is 12.4 Å². The molecule has 0 bridgehead atoms. The number of amides is 2. The molecule has 5 heteroatoms. The van der Waals surface area contributed by atoms with E-state index in [0.29, 0.717) is 17.3 Å². The van der Waals surface area contributed by atoms with Crippen molar-refractivity contribution >= 4 is 29.0 Å². The topological polar surface area (TPSA) is 55.4 Å². The Morgan fingerprint density at radius 2 is 1.73 bits per heavy atom. The second-order valence-corrected chi connectivity index (χ2v) is 5.68. The van der Waals surface area contributed by atoms with Crippen molar-refractivity contribution in [1.82, 2.24) is 5.32 Å². The molecule has 2 aromatic carbocycles. The third kappa shape index (κ3) is 3.38. The number of para-hydroxylation sites is 1. The summed E-state index contributed by atoms with van der Waals surface area (Å²) < 4.78 is 5.83. The van der Waals surface area contributed by atoms with Crippen molar-refractivity contribution in [3.63, 3.8) is 0 Å². The second-order valence-electron chi connectivity index (χ2n) is 4.66. The second kappa shape index (κ2) is 6.49. The number of carbonyl (C=O) groups excluding carboxylic acids is 2. The van der Waals surface area contributed by atoms with E-state index in [1.165, 1.54) is 0 Å². The van der Waals surface area contributed by atoms with Gasteiger partial charge in [-0.05, 0) is 29.5 Å². The molecule has 2 amide bonds. The van der Waals surface area contributed by atoms with Crippen molar-refractivity contribution in [2.24, 2.45) is 0 Å². The summed E-state index contributed by atoms with van der Waals surface area (Å²) in [4.78, 5) is 23.2. The van der Waals surface area contributed by atoms with Crippen LogP contribution in [-0.4, -0.2) is 11.1 Å². The molecule has 0 atom stereocenters. The van der Waals surface area contributed by atoms with Gasteiger partial charge in [0.25, 0.3) is 11.1 Å². The Balaban J connectivity index is 1.80. The highest BCUT2D eigenvalue weighted by Gasteiger charge is 2.25. The summed E-state index contributed by atoms with van der Waals surface area (Å²) in [6.45, 7) is 0.444. The Kier molecular flexibility index (Phi) is 4.25. The highest BCUT2D eigenvalue weighted by atomic mass is 32.2. The maximum absolute atomic E-state index is 11.6. The first-order valence-electron chi connectivity index (χ1n) is 6.73. The quantitative estimate of drug-likeness (QED) is 0.877. The molecule has 0 spiro atoms. The lowest BCUT2D eigenvalue weighted by Gasteiger charge is -2.09. The molecule has 22 heavy (non-hydrogen) atoms. The summed E-state index contributed by atoms with van der Waals surface area (Å²) in [6, 6.07) is 17.3. The third-order valence-corrected chi connectivity index (χ3v) is 3.90. The van der Waals surface area contributed by atoms with Gasteiger partial charge in [0.05, 0.1) is 4.91 Å². The minimum Gasteiger partial charge on any atom is -0.488 e. The fourth-order valence-electron chi connectivity index (χ4n) is 2.03. The number of thioether (sulfide) groups is 1. The van der Waals surface area contributed by atoms with E-state index in [4.69, 9.17) is 4.74 Å². The van der Waals surface area contributed by atoms with Crippen molar-refractivity contribution in [1.29, 1.82) is 0 Å². The number of benzene rings is 2. The van der Waals surface area contributed by atoms with Crippen molar-refractivity contribution in [2.45, 2.75) is 6.61 Å². The Morgan fingerprint density at radius 3 is 2.45 bits per heavy atom. The maximum atomic E-state index is 11.6. The normalized spacial score (nSPS) is 15.9. The van der Waals surface area contributed by atoms with Gasteiger partial charge in [-0.3, -0.25) is 14.9 Å². The van der Waals surface area contributed by atoms with Crippen LogP contribution in [0.4, 0.5) is 4.79 Å². The van der Waals surface area contributed by atoms with E-state index in [-0.39, 0.29) is 11.1 Å². The van der Waals surface area contributed by atoms with Crippen LogP contribution >= 0.6 is 11.8 Å². The Hall–Kier alpha value is -2.53. The number of nitrogens with one attached hydrogen (secondary N) is 1. The molecule has 1 fully saturated rings. The lowest BCUT2D eigenvalue weighted by molar-refractivity contribution is -0.115. The first kappa shape index (κ1) is 14.4. The van der Waals surface area contributed by atoms with Gasteiger partial charge in [0, 0.05) is 5.56 Å². The van der Waals surface area contributed by atoms with Gasteiger partial charge in [-0.15, -0.1) is 0 Å². The summed E-state index contributed by atoms with van der Waals surface area (Å²) in [5.41, 5.74) is 1.83. The zero-order valence-corrected chi connectivity index (χ0v) is 12.4.